The number of benzene rings is 2. The number of aliphatic hydroxyl groups is 1. The van der Waals surface area contributed by atoms with E-state index < -0.39 is 30.3 Å². The van der Waals surface area contributed by atoms with Gasteiger partial charge in [-0.15, -0.1) is 22.7 Å². The van der Waals surface area contributed by atoms with Crippen LogP contribution >= 0.6 is 22.7 Å². The normalized spacial score (nSPS) is 13.7. The van der Waals surface area contributed by atoms with Gasteiger partial charge in [0.2, 0.25) is 5.91 Å². The molecule has 0 aliphatic heterocycles. The molecule has 1 unspecified atom stereocenters. The van der Waals surface area contributed by atoms with Gasteiger partial charge in [-0.3, -0.25) is 9.78 Å². The van der Waals surface area contributed by atoms with Crippen LogP contribution in [0.2, 0.25) is 0 Å². The first-order valence-electron chi connectivity index (χ1n) is 16.8. The van der Waals surface area contributed by atoms with E-state index in [9.17, 15) is 19.5 Å². The molecule has 0 aliphatic rings. The molecule has 0 saturated heterocycles. The Morgan fingerprint density at radius 1 is 0.900 bits per heavy atom. The molecule has 13 heteroatoms. The first-order valence-corrected chi connectivity index (χ1v) is 18.6. The molecule has 4 aromatic rings. The lowest BCUT2D eigenvalue weighted by atomic mass is 9.93. The van der Waals surface area contributed by atoms with Crippen molar-refractivity contribution in [2.24, 2.45) is 5.92 Å². The van der Waals surface area contributed by atoms with Gasteiger partial charge in [0, 0.05) is 30.6 Å². The fourth-order valence-corrected chi connectivity index (χ4v) is 6.72. The Hall–Kier alpha value is -4.33. The molecule has 4 amide bonds. The maximum absolute atomic E-state index is 13.9. The molecule has 4 atom stereocenters. The number of aromatic nitrogens is 2. The average Bonchev–Trinajstić information content (AvgIpc) is 3.79. The summed E-state index contributed by atoms with van der Waals surface area (Å²) in [5, 5.41) is 23.5. The molecule has 0 radical (unpaired) electrons. The van der Waals surface area contributed by atoms with Crippen LogP contribution < -0.4 is 16.0 Å². The van der Waals surface area contributed by atoms with Gasteiger partial charge >= 0.3 is 12.1 Å². The zero-order chi connectivity index (χ0) is 36.0. The predicted molar refractivity (Wildman–Crippen MR) is 197 cm³/mol. The smallest absolute Gasteiger partial charge is 0.407 e. The van der Waals surface area contributed by atoms with Crippen molar-refractivity contribution in [3.05, 3.63) is 104 Å². The van der Waals surface area contributed by atoms with E-state index in [1.165, 1.54) is 16.2 Å². The highest BCUT2D eigenvalue weighted by molar-refractivity contribution is 7.09. The fraction of sp³-hybridized carbons (Fsp3) is 0.432. The number of carbonyl (C=O) groups is 3. The summed E-state index contributed by atoms with van der Waals surface area (Å²) < 4.78 is 5.42. The summed E-state index contributed by atoms with van der Waals surface area (Å²) in [5.74, 6) is -0.277. The second-order valence-corrected chi connectivity index (χ2v) is 14.9. The van der Waals surface area contributed by atoms with E-state index in [1.54, 1.807) is 30.1 Å². The third-order valence-electron chi connectivity index (χ3n) is 8.13. The Bertz CT molecular complexity index is 1620. The first-order chi connectivity index (χ1) is 24.0. The maximum atomic E-state index is 13.9. The third kappa shape index (κ3) is 12.2. The summed E-state index contributed by atoms with van der Waals surface area (Å²) in [6.45, 7) is 8.28. The molecule has 2 aromatic carbocycles. The van der Waals surface area contributed by atoms with Crippen LogP contribution in [0, 0.1) is 5.92 Å². The molecule has 268 valence electrons. The SMILES string of the molecule is CC(C)c1nc(CN(C)C(=O)NC(C(=O)N[C@H](Cc2ccccc2)C[C@@H](O)[C@H](Cc2ccccc2)NC(=O)OCc2cncs2)C(C)C)cs1. The lowest BCUT2D eigenvalue weighted by molar-refractivity contribution is -0.124. The van der Waals surface area contributed by atoms with E-state index in [-0.39, 0.29) is 30.9 Å². The second kappa shape index (κ2) is 19.2. The highest BCUT2D eigenvalue weighted by Gasteiger charge is 2.31. The summed E-state index contributed by atoms with van der Waals surface area (Å²) in [4.78, 5) is 51.0. The van der Waals surface area contributed by atoms with Gasteiger partial charge < -0.3 is 30.7 Å². The van der Waals surface area contributed by atoms with Gasteiger partial charge in [-0.05, 0) is 36.3 Å². The minimum Gasteiger partial charge on any atom is -0.444 e. The van der Waals surface area contributed by atoms with Gasteiger partial charge in [0.15, 0.2) is 0 Å². The van der Waals surface area contributed by atoms with Crippen LogP contribution in [0.4, 0.5) is 9.59 Å². The number of nitrogens with zero attached hydrogens (tertiary/aromatic N) is 3. The van der Waals surface area contributed by atoms with Crippen molar-refractivity contribution in [3.63, 3.8) is 0 Å². The van der Waals surface area contributed by atoms with Crippen LogP contribution in [0.25, 0.3) is 0 Å². The van der Waals surface area contributed by atoms with Crippen LogP contribution in [0.1, 0.15) is 66.7 Å². The minimum atomic E-state index is -1.05. The van der Waals surface area contributed by atoms with Crippen LogP contribution in [0.5, 0.6) is 0 Å². The molecule has 11 nitrogen and oxygen atoms in total. The van der Waals surface area contributed by atoms with Gasteiger partial charge in [-0.1, -0.05) is 88.4 Å². The van der Waals surface area contributed by atoms with Crippen molar-refractivity contribution in [2.75, 3.05) is 7.05 Å². The van der Waals surface area contributed by atoms with E-state index >= 15 is 0 Å². The highest BCUT2D eigenvalue weighted by Crippen LogP contribution is 2.20. The van der Waals surface area contributed by atoms with Crippen LogP contribution in [0.15, 0.2) is 77.8 Å². The lowest BCUT2D eigenvalue weighted by Crippen LogP contribution is -2.55. The molecular formula is C37H48N6O5S2. The number of hydrogen-bond acceptors (Lipinski definition) is 9. The molecule has 0 fully saturated rings. The number of amides is 4. The zero-order valence-corrected chi connectivity index (χ0v) is 30.9. The van der Waals surface area contributed by atoms with Gasteiger partial charge in [0.1, 0.15) is 12.6 Å². The molecule has 4 rings (SSSR count). The number of urea groups is 1. The Balaban J connectivity index is 1.46. The molecular weight excluding hydrogens is 673 g/mol. The topological polar surface area (TPSA) is 146 Å². The van der Waals surface area contributed by atoms with Crippen molar-refractivity contribution < 1.29 is 24.2 Å². The Labute approximate surface area is 302 Å². The van der Waals surface area contributed by atoms with Crippen molar-refractivity contribution in [3.8, 4) is 0 Å². The first kappa shape index (κ1) is 38.5. The van der Waals surface area contributed by atoms with E-state index in [0.717, 1.165) is 26.7 Å². The summed E-state index contributed by atoms with van der Waals surface area (Å²) in [6, 6.07) is 16.8. The Morgan fingerprint density at radius 3 is 2.14 bits per heavy atom. The van der Waals surface area contributed by atoms with Crippen LogP contribution in [-0.4, -0.2) is 69.3 Å². The van der Waals surface area contributed by atoms with E-state index in [1.807, 2.05) is 79.9 Å². The summed E-state index contributed by atoms with van der Waals surface area (Å²) in [5.41, 5.74) is 4.35. The number of nitrogens with one attached hydrogen (secondary N) is 3. The summed E-state index contributed by atoms with van der Waals surface area (Å²) in [7, 11) is 1.68. The highest BCUT2D eigenvalue weighted by atomic mass is 32.1. The fourth-order valence-electron chi connectivity index (χ4n) is 5.39. The molecule has 50 heavy (non-hydrogen) atoms. The van der Waals surface area contributed by atoms with Gasteiger partial charge in [0.05, 0.1) is 39.8 Å². The van der Waals surface area contributed by atoms with E-state index in [4.69, 9.17) is 4.74 Å². The number of thiazole rings is 2. The van der Waals surface area contributed by atoms with Crippen LogP contribution in [0.3, 0.4) is 0 Å². The van der Waals surface area contributed by atoms with Crippen molar-refractivity contribution >= 4 is 40.7 Å². The number of alkyl carbamates (subject to hydrolysis) is 1. The zero-order valence-electron chi connectivity index (χ0n) is 29.2. The number of rotatable bonds is 17. The molecule has 2 aromatic heterocycles. The van der Waals surface area contributed by atoms with Gasteiger partial charge in [-0.2, -0.15) is 0 Å². The third-order valence-corrected chi connectivity index (χ3v) is 10.1. The minimum absolute atomic E-state index is 0.0671. The van der Waals surface area contributed by atoms with Crippen molar-refractivity contribution in [1.29, 1.82) is 0 Å². The standard InChI is InChI=1S/C37H48N6O5S2/c1-24(2)33(42-36(46)43(5)20-29-22-49-35(40-29)25(3)4)34(45)39-28(16-26-12-8-6-9-13-26)18-32(44)31(17-27-14-10-7-11-15-27)41-37(47)48-21-30-19-38-23-50-30/h6-15,19,22-25,28,31-33,44H,16-18,20-21H2,1-5H3,(H,39,45)(H,41,47)(H,42,46)/t28-,31+,32-,33?/m1/s1. The largest absolute Gasteiger partial charge is 0.444 e. The molecule has 0 aliphatic carbocycles. The average molecular weight is 721 g/mol. The number of carbonyl (C=O) groups excluding carboxylic acids is 3. The number of hydrogen-bond donors (Lipinski definition) is 4. The molecule has 2 heterocycles. The predicted octanol–water partition coefficient (Wildman–Crippen LogP) is 5.91. The summed E-state index contributed by atoms with van der Waals surface area (Å²) in [6.07, 6.45) is 0.836. The van der Waals surface area contributed by atoms with E-state index in [0.29, 0.717) is 25.3 Å². The molecule has 4 N–H and O–H groups in total. The number of aliphatic hydroxyl groups excluding tert-OH is 1. The Morgan fingerprint density at radius 2 is 1.56 bits per heavy atom. The Kier molecular flexibility index (Phi) is 14.7. The molecule has 0 saturated carbocycles. The molecule has 0 bridgehead atoms. The monoisotopic (exact) mass is 720 g/mol. The molecule has 0 spiro atoms. The lowest BCUT2D eigenvalue weighted by Gasteiger charge is -2.30. The van der Waals surface area contributed by atoms with Gasteiger partial charge in [-0.25, -0.2) is 14.6 Å². The van der Waals surface area contributed by atoms with Crippen molar-refractivity contribution in [2.45, 2.75) is 90.3 Å². The number of ether oxygens (including phenoxy) is 1. The summed E-state index contributed by atoms with van der Waals surface area (Å²) >= 11 is 2.95. The van der Waals surface area contributed by atoms with Gasteiger partial charge in [0.25, 0.3) is 0 Å². The quantitative estimate of drug-likeness (QED) is 0.106. The second-order valence-electron chi connectivity index (χ2n) is 13.0. The van der Waals surface area contributed by atoms with E-state index in [2.05, 4.69) is 39.8 Å². The maximum Gasteiger partial charge on any atom is 0.407 e. The van der Waals surface area contributed by atoms with Crippen molar-refractivity contribution in [1.82, 2.24) is 30.8 Å². The van der Waals surface area contributed by atoms with Crippen LogP contribution in [-0.2, 0) is 35.5 Å².